The second-order valence-corrected chi connectivity index (χ2v) is 5.61. The van der Waals surface area contributed by atoms with Gasteiger partial charge in [-0.2, -0.15) is 0 Å². The van der Waals surface area contributed by atoms with E-state index in [0.29, 0.717) is 17.0 Å². The SMILES string of the molecule is COc1ccc(C)cc1NC(=O)C(C)OC(=O)c1cccc(C)c1. The molecule has 1 amide bonds. The van der Waals surface area contributed by atoms with Gasteiger partial charge in [-0.25, -0.2) is 4.79 Å². The van der Waals surface area contributed by atoms with Crippen LogP contribution in [0.15, 0.2) is 42.5 Å². The second-order valence-electron chi connectivity index (χ2n) is 5.61. The largest absolute Gasteiger partial charge is 0.495 e. The number of carbonyl (C=O) groups excluding carboxylic acids is 2. The van der Waals surface area contributed by atoms with E-state index >= 15 is 0 Å². The molecular weight excluding hydrogens is 306 g/mol. The van der Waals surface area contributed by atoms with E-state index in [1.54, 1.807) is 30.3 Å². The fourth-order valence-corrected chi connectivity index (χ4v) is 2.21. The summed E-state index contributed by atoms with van der Waals surface area (Å²) in [5.41, 5.74) is 2.89. The highest BCUT2D eigenvalue weighted by atomic mass is 16.5. The molecule has 2 rings (SSSR count). The van der Waals surface area contributed by atoms with Crippen molar-refractivity contribution in [3.05, 3.63) is 59.2 Å². The Hall–Kier alpha value is -2.82. The van der Waals surface area contributed by atoms with Crippen LogP contribution in [0.1, 0.15) is 28.4 Å². The molecule has 0 aromatic heterocycles. The number of methoxy groups -OCH3 is 1. The predicted octanol–water partition coefficient (Wildman–Crippen LogP) is 3.50. The molecule has 0 radical (unpaired) electrons. The molecule has 0 aliphatic heterocycles. The lowest BCUT2D eigenvalue weighted by Crippen LogP contribution is -2.30. The van der Waals surface area contributed by atoms with Crippen molar-refractivity contribution < 1.29 is 19.1 Å². The minimum absolute atomic E-state index is 0.417. The molecule has 1 atom stereocenters. The molecule has 1 N–H and O–H groups in total. The maximum absolute atomic E-state index is 12.3. The summed E-state index contributed by atoms with van der Waals surface area (Å²) in [7, 11) is 1.53. The standard InChI is InChI=1S/C19H21NO4/c1-12-6-5-7-15(10-12)19(22)24-14(3)18(21)20-16-11-13(2)8-9-17(16)23-4/h5-11,14H,1-4H3,(H,20,21). The smallest absolute Gasteiger partial charge is 0.338 e. The number of hydrogen-bond acceptors (Lipinski definition) is 4. The molecule has 126 valence electrons. The number of amides is 1. The third kappa shape index (κ3) is 4.35. The zero-order chi connectivity index (χ0) is 17.7. The van der Waals surface area contributed by atoms with Gasteiger partial charge in [0.25, 0.3) is 5.91 Å². The van der Waals surface area contributed by atoms with Crippen molar-refractivity contribution in [2.24, 2.45) is 0 Å². The van der Waals surface area contributed by atoms with Crippen LogP contribution in [0.25, 0.3) is 0 Å². The van der Waals surface area contributed by atoms with Crippen molar-refractivity contribution in [2.75, 3.05) is 12.4 Å². The monoisotopic (exact) mass is 327 g/mol. The summed E-state index contributed by atoms with van der Waals surface area (Å²) in [5.74, 6) is -0.399. The van der Waals surface area contributed by atoms with Crippen LogP contribution in [0.4, 0.5) is 5.69 Å². The van der Waals surface area contributed by atoms with Crippen LogP contribution >= 0.6 is 0 Å². The number of rotatable bonds is 5. The summed E-state index contributed by atoms with van der Waals surface area (Å²) < 4.78 is 10.5. The number of carbonyl (C=O) groups is 2. The van der Waals surface area contributed by atoms with Crippen molar-refractivity contribution in [3.63, 3.8) is 0 Å². The topological polar surface area (TPSA) is 64.6 Å². The van der Waals surface area contributed by atoms with E-state index in [1.807, 2.05) is 26.0 Å². The van der Waals surface area contributed by atoms with Crippen LogP contribution < -0.4 is 10.1 Å². The zero-order valence-electron chi connectivity index (χ0n) is 14.3. The summed E-state index contributed by atoms with van der Waals surface area (Å²) in [6.07, 6.45) is -0.928. The van der Waals surface area contributed by atoms with Gasteiger partial charge in [0.15, 0.2) is 6.10 Å². The highest BCUT2D eigenvalue weighted by Gasteiger charge is 2.20. The molecular formula is C19H21NO4. The maximum atomic E-state index is 12.3. The fourth-order valence-electron chi connectivity index (χ4n) is 2.21. The van der Waals surface area contributed by atoms with Crippen molar-refractivity contribution >= 4 is 17.6 Å². The normalized spacial score (nSPS) is 11.5. The molecule has 0 spiro atoms. The molecule has 5 heteroatoms. The van der Waals surface area contributed by atoms with Crippen molar-refractivity contribution in [1.29, 1.82) is 0 Å². The highest BCUT2D eigenvalue weighted by molar-refractivity contribution is 5.98. The van der Waals surface area contributed by atoms with Crippen LogP contribution in [-0.2, 0) is 9.53 Å². The molecule has 0 saturated carbocycles. The second kappa shape index (κ2) is 7.64. The average Bonchev–Trinajstić information content (AvgIpc) is 2.55. The Bertz CT molecular complexity index is 755. The molecule has 0 aliphatic rings. The van der Waals surface area contributed by atoms with Gasteiger partial charge >= 0.3 is 5.97 Å². The van der Waals surface area contributed by atoms with Crippen LogP contribution in [-0.4, -0.2) is 25.1 Å². The Labute approximate surface area is 141 Å². The first-order valence-electron chi connectivity index (χ1n) is 7.64. The minimum atomic E-state index is -0.928. The van der Waals surface area contributed by atoms with Gasteiger partial charge in [0, 0.05) is 0 Å². The number of benzene rings is 2. The molecule has 5 nitrogen and oxygen atoms in total. The van der Waals surface area contributed by atoms with Gasteiger partial charge in [-0.1, -0.05) is 23.8 Å². The van der Waals surface area contributed by atoms with E-state index in [0.717, 1.165) is 11.1 Å². The lowest BCUT2D eigenvalue weighted by Gasteiger charge is -2.15. The van der Waals surface area contributed by atoms with E-state index < -0.39 is 18.0 Å². The lowest BCUT2D eigenvalue weighted by atomic mass is 10.1. The summed E-state index contributed by atoms with van der Waals surface area (Å²) in [6.45, 7) is 5.33. The van der Waals surface area contributed by atoms with Gasteiger partial charge in [-0.05, 0) is 50.6 Å². The Morgan fingerprint density at radius 3 is 2.42 bits per heavy atom. The van der Waals surface area contributed by atoms with Crippen LogP contribution in [0.2, 0.25) is 0 Å². The highest BCUT2D eigenvalue weighted by Crippen LogP contribution is 2.25. The summed E-state index contributed by atoms with van der Waals surface area (Å²) in [5, 5.41) is 2.73. The lowest BCUT2D eigenvalue weighted by molar-refractivity contribution is -0.123. The Morgan fingerprint density at radius 2 is 1.75 bits per heavy atom. The van der Waals surface area contributed by atoms with Gasteiger partial charge in [0.05, 0.1) is 18.4 Å². The molecule has 0 bridgehead atoms. The van der Waals surface area contributed by atoms with Crippen LogP contribution in [0.3, 0.4) is 0 Å². The molecule has 2 aromatic rings. The van der Waals surface area contributed by atoms with Gasteiger partial charge in [0.1, 0.15) is 5.75 Å². The first-order chi connectivity index (χ1) is 11.4. The fraction of sp³-hybridized carbons (Fsp3) is 0.263. The number of ether oxygens (including phenoxy) is 2. The van der Waals surface area contributed by atoms with E-state index in [2.05, 4.69) is 5.32 Å². The summed E-state index contributed by atoms with van der Waals surface area (Å²) >= 11 is 0. The molecule has 0 aliphatic carbocycles. The third-order valence-electron chi connectivity index (χ3n) is 3.52. The quantitative estimate of drug-likeness (QED) is 0.854. The van der Waals surface area contributed by atoms with E-state index in [9.17, 15) is 9.59 Å². The number of hydrogen-bond donors (Lipinski definition) is 1. The molecule has 0 saturated heterocycles. The number of nitrogens with one attached hydrogen (secondary N) is 1. The first kappa shape index (κ1) is 17.5. The number of anilines is 1. The molecule has 24 heavy (non-hydrogen) atoms. The Balaban J connectivity index is 2.05. The van der Waals surface area contributed by atoms with Crippen molar-refractivity contribution in [3.8, 4) is 5.75 Å². The average molecular weight is 327 g/mol. The van der Waals surface area contributed by atoms with E-state index in [-0.39, 0.29) is 0 Å². The molecule has 0 heterocycles. The maximum Gasteiger partial charge on any atom is 0.338 e. The zero-order valence-corrected chi connectivity index (χ0v) is 14.3. The summed E-state index contributed by atoms with van der Waals surface area (Å²) in [4.78, 5) is 24.4. The first-order valence-corrected chi connectivity index (χ1v) is 7.64. The number of esters is 1. The summed E-state index contributed by atoms with van der Waals surface area (Å²) in [6, 6.07) is 12.5. The minimum Gasteiger partial charge on any atom is -0.495 e. The van der Waals surface area contributed by atoms with Gasteiger partial charge in [-0.15, -0.1) is 0 Å². The van der Waals surface area contributed by atoms with Crippen molar-refractivity contribution in [1.82, 2.24) is 0 Å². The van der Waals surface area contributed by atoms with Gasteiger partial charge < -0.3 is 14.8 Å². The van der Waals surface area contributed by atoms with Crippen LogP contribution in [0.5, 0.6) is 5.75 Å². The van der Waals surface area contributed by atoms with Gasteiger partial charge in [0.2, 0.25) is 0 Å². The molecule has 1 unspecified atom stereocenters. The molecule has 0 fully saturated rings. The Morgan fingerprint density at radius 1 is 1.04 bits per heavy atom. The van der Waals surface area contributed by atoms with Crippen LogP contribution in [0, 0.1) is 13.8 Å². The van der Waals surface area contributed by atoms with Crippen molar-refractivity contribution in [2.45, 2.75) is 26.9 Å². The van der Waals surface area contributed by atoms with E-state index in [4.69, 9.17) is 9.47 Å². The number of aryl methyl sites for hydroxylation is 2. The predicted molar refractivity (Wildman–Crippen MR) is 92.4 cm³/mol. The molecule has 2 aromatic carbocycles. The van der Waals surface area contributed by atoms with E-state index in [1.165, 1.54) is 14.0 Å². The van der Waals surface area contributed by atoms with Gasteiger partial charge in [-0.3, -0.25) is 4.79 Å². The third-order valence-corrected chi connectivity index (χ3v) is 3.52. The Kier molecular flexibility index (Phi) is 5.58.